The molecule has 5 rings (SSSR count). The summed E-state index contributed by atoms with van der Waals surface area (Å²) in [6.07, 6.45) is 2.35. The maximum Gasteiger partial charge on any atom is 0.375 e. The van der Waals surface area contributed by atoms with Crippen molar-refractivity contribution in [2.75, 3.05) is 6.01 Å². The highest BCUT2D eigenvalue weighted by atomic mass is 32.2. The van der Waals surface area contributed by atoms with Gasteiger partial charge in [0, 0.05) is 23.7 Å². The lowest BCUT2D eigenvalue weighted by atomic mass is 9.45. The van der Waals surface area contributed by atoms with E-state index in [2.05, 4.69) is 0 Å². The van der Waals surface area contributed by atoms with Gasteiger partial charge in [-0.25, -0.2) is 18.0 Å². The van der Waals surface area contributed by atoms with E-state index in [0.717, 1.165) is 12.2 Å². The molecule has 10 heteroatoms. The average Bonchev–Trinajstić information content (AvgIpc) is 3.45. The third kappa shape index (κ3) is 3.20. The fraction of sp³-hybridized carbons (Fsp3) is 0.556. The van der Waals surface area contributed by atoms with Crippen molar-refractivity contribution in [3.63, 3.8) is 0 Å². The number of alkyl halides is 3. The van der Waals surface area contributed by atoms with Crippen LogP contribution >= 0.6 is 11.8 Å². The predicted molar refractivity (Wildman–Crippen MR) is 128 cm³/mol. The molecule has 2 unspecified atom stereocenters. The maximum absolute atomic E-state index is 17.3. The van der Waals surface area contributed by atoms with Crippen molar-refractivity contribution in [1.29, 1.82) is 0 Å². The van der Waals surface area contributed by atoms with Crippen LogP contribution in [0.1, 0.15) is 50.6 Å². The number of fused-ring (bicyclic) bond motifs is 5. The number of esters is 1. The Hall–Kier alpha value is -2.62. The van der Waals surface area contributed by atoms with Gasteiger partial charge in [0.05, 0.1) is 11.7 Å². The molecule has 0 bridgehead atoms. The molecule has 37 heavy (non-hydrogen) atoms. The zero-order valence-electron chi connectivity index (χ0n) is 20.6. The molecule has 0 spiro atoms. The summed E-state index contributed by atoms with van der Waals surface area (Å²) in [5.41, 5.74) is -7.70. The van der Waals surface area contributed by atoms with E-state index in [1.807, 2.05) is 0 Å². The van der Waals surface area contributed by atoms with Crippen LogP contribution in [0.4, 0.5) is 13.2 Å². The van der Waals surface area contributed by atoms with Crippen LogP contribution in [0.15, 0.2) is 46.6 Å². The normalized spacial score (nSPS) is 42.5. The molecule has 4 aliphatic rings. The van der Waals surface area contributed by atoms with Gasteiger partial charge in [0.25, 0.3) is 0 Å². The average molecular weight is 537 g/mol. The van der Waals surface area contributed by atoms with Crippen LogP contribution in [0.2, 0.25) is 0 Å². The second-order valence-corrected chi connectivity index (χ2v) is 11.8. The van der Waals surface area contributed by atoms with Crippen LogP contribution in [0.25, 0.3) is 0 Å². The van der Waals surface area contributed by atoms with Gasteiger partial charge in [-0.15, -0.1) is 0 Å². The number of hydrogen-bond donors (Lipinski definition) is 0. The van der Waals surface area contributed by atoms with Crippen molar-refractivity contribution in [3.8, 4) is 0 Å². The number of furan rings is 1. The Kier molecular flexibility index (Phi) is 5.93. The Balaban J connectivity index is 1.64. The van der Waals surface area contributed by atoms with Gasteiger partial charge in [-0.3, -0.25) is 14.4 Å². The summed E-state index contributed by atoms with van der Waals surface area (Å²) in [5.74, 6) is -5.12. The third-order valence-electron chi connectivity index (χ3n) is 9.40. The fourth-order valence-electron chi connectivity index (χ4n) is 7.70. The monoisotopic (exact) mass is 536 g/mol. The smallest absolute Gasteiger partial charge is 0.375 e. The van der Waals surface area contributed by atoms with E-state index in [1.165, 1.54) is 31.4 Å². The number of Topliss-reactive ketones (excluding diaryl/α,β-unsaturated/α-hetero) is 1. The number of thioether (sulfide) groups is 1. The summed E-state index contributed by atoms with van der Waals surface area (Å²) in [6.45, 7) is 4.64. The fourth-order valence-corrected chi connectivity index (χ4v) is 8.49. The van der Waals surface area contributed by atoms with Gasteiger partial charge in [0.1, 0.15) is 12.2 Å². The van der Waals surface area contributed by atoms with Crippen LogP contribution < -0.4 is 0 Å². The van der Waals surface area contributed by atoms with Gasteiger partial charge in [0.15, 0.2) is 22.8 Å². The molecule has 0 radical (unpaired) electrons. The van der Waals surface area contributed by atoms with Gasteiger partial charge in [-0.05, 0) is 67.3 Å². The molecule has 1 heterocycles. The topological polar surface area (TPSA) is 90.7 Å². The molecule has 1 aromatic heterocycles. The van der Waals surface area contributed by atoms with E-state index < -0.39 is 81.1 Å². The van der Waals surface area contributed by atoms with Crippen LogP contribution in [0.3, 0.4) is 0 Å². The highest BCUT2D eigenvalue weighted by Gasteiger charge is 2.78. The second kappa shape index (κ2) is 8.44. The molecule has 3 fully saturated rings. The Bertz CT molecular complexity index is 1240. The highest BCUT2D eigenvalue weighted by molar-refractivity contribution is 8.13. The first-order chi connectivity index (χ1) is 17.4. The van der Waals surface area contributed by atoms with Crippen molar-refractivity contribution < 1.29 is 41.5 Å². The summed E-state index contributed by atoms with van der Waals surface area (Å²) in [4.78, 5) is 52.4. The van der Waals surface area contributed by atoms with E-state index in [1.54, 1.807) is 13.8 Å². The number of ether oxygens (including phenoxy) is 1. The van der Waals surface area contributed by atoms with Crippen LogP contribution in [-0.2, 0) is 19.1 Å². The van der Waals surface area contributed by atoms with Gasteiger partial charge in [-0.2, -0.15) is 0 Å². The molecule has 0 N–H and O–H groups in total. The molecule has 8 atom stereocenters. The van der Waals surface area contributed by atoms with Crippen molar-refractivity contribution in [1.82, 2.24) is 0 Å². The quantitative estimate of drug-likeness (QED) is 0.493. The number of halogens is 3. The summed E-state index contributed by atoms with van der Waals surface area (Å²) in [5, 5.41) is -0.783. The second-order valence-electron chi connectivity index (χ2n) is 11.0. The lowest BCUT2D eigenvalue weighted by Crippen LogP contribution is -2.69. The van der Waals surface area contributed by atoms with Crippen LogP contribution in [0, 0.1) is 28.6 Å². The molecule has 3 saturated carbocycles. The van der Waals surface area contributed by atoms with Gasteiger partial charge in [0.2, 0.25) is 10.9 Å². The molecule has 198 valence electrons. The van der Waals surface area contributed by atoms with Gasteiger partial charge in [-0.1, -0.05) is 19.9 Å². The number of allylic oxidation sites excluding steroid dienone is 4. The molecule has 0 aromatic carbocycles. The van der Waals surface area contributed by atoms with Crippen molar-refractivity contribution >= 4 is 34.4 Å². The Labute approximate surface area is 216 Å². The standard InChI is InChI=1S/C27H27F3O6S/c1-14-9-16-17-11-19(29)18-10-15(31)6-7-24(18,2)26(17,30)21(32)12-25(16,3)27(14,23(34)37-13-28)36-22(33)20-5-4-8-35-20/h4-8,10,14,16-17,19H,9,11-13H2,1-3H3/t14-,16?,17?,19+,24+,25+,26+,27+/m1/s1. The van der Waals surface area contributed by atoms with Gasteiger partial charge < -0.3 is 9.15 Å². The first kappa shape index (κ1) is 26.0. The van der Waals surface area contributed by atoms with Crippen molar-refractivity contribution in [2.45, 2.75) is 57.5 Å². The number of carbonyl (C=O) groups excluding carboxylic acids is 4. The molecule has 0 amide bonds. The van der Waals surface area contributed by atoms with E-state index in [9.17, 15) is 23.6 Å². The Morgan fingerprint density at radius 3 is 2.59 bits per heavy atom. The van der Waals surface area contributed by atoms with Crippen LogP contribution in [0.5, 0.6) is 0 Å². The lowest BCUT2D eigenvalue weighted by molar-refractivity contribution is -0.186. The number of ketones is 2. The first-order valence-corrected chi connectivity index (χ1v) is 13.2. The molecule has 1 aromatic rings. The number of carbonyl (C=O) groups is 4. The third-order valence-corrected chi connectivity index (χ3v) is 10.1. The Morgan fingerprint density at radius 2 is 1.95 bits per heavy atom. The minimum atomic E-state index is -2.54. The number of hydrogen-bond acceptors (Lipinski definition) is 7. The first-order valence-electron chi connectivity index (χ1n) is 12.2. The van der Waals surface area contributed by atoms with Crippen molar-refractivity contribution in [3.05, 3.63) is 48.0 Å². The molecule has 0 saturated heterocycles. The van der Waals surface area contributed by atoms with E-state index >= 15 is 8.78 Å². The molecule has 0 aliphatic heterocycles. The predicted octanol–water partition coefficient (Wildman–Crippen LogP) is 5.14. The molecule has 4 aliphatic carbocycles. The molecular weight excluding hydrogens is 509 g/mol. The number of rotatable bonds is 4. The Morgan fingerprint density at radius 1 is 1.22 bits per heavy atom. The summed E-state index contributed by atoms with van der Waals surface area (Å²) < 4.78 is 57.3. The minimum absolute atomic E-state index is 0.0682. The van der Waals surface area contributed by atoms with E-state index in [-0.39, 0.29) is 24.2 Å². The largest absolute Gasteiger partial charge is 0.457 e. The zero-order chi connectivity index (χ0) is 27.0. The highest BCUT2D eigenvalue weighted by Crippen LogP contribution is 2.71. The zero-order valence-corrected chi connectivity index (χ0v) is 21.4. The minimum Gasteiger partial charge on any atom is -0.457 e. The van der Waals surface area contributed by atoms with Gasteiger partial charge >= 0.3 is 5.97 Å². The van der Waals surface area contributed by atoms with Crippen LogP contribution in [-0.4, -0.2) is 46.1 Å². The molecule has 6 nitrogen and oxygen atoms in total. The summed E-state index contributed by atoms with van der Waals surface area (Å²) in [7, 11) is 0. The summed E-state index contributed by atoms with van der Waals surface area (Å²) >= 11 is 0.322. The summed E-state index contributed by atoms with van der Waals surface area (Å²) in [6, 6.07) is 1.72. The van der Waals surface area contributed by atoms with E-state index in [0.29, 0.717) is 11.8 Å². The maximum atomic E-state index is 17.3. The molecular formula is C27H27F3O6S. The SMILES string of the molecule is C[C@@H]1CC2C3C[C@H](F)C4=CC(=O)C=C[C@]4(C)[C@@]3(F)C(=O)C[C@]2(C)[C@@]1(OC(=O)c1ccco1)C(=O)SCF. The van der Waals surface area contributed by atoms with Crippen molar-refractivity contribution in [2.24, 2.45) is 28.6 Å². The van der Waals surface area contributed by atoms with E-state index in [4.69, 9.17) is 9.15 Å². The lowest BCUT2D eigenvalue weighted by Gasteiger charge is -2.60.